The summed E-state index contributed by atoms with van der Waals surface area (Å²) in [6.45, 7) is 0. The highest BCUT2D eigenvalue weighted by molar-refractivity contribution is 7.99. The van der Waals surface area contributed by atoms with Crippen LogP contribution < -0.4 is 10.0 Å². The lowest BCUT2D eigenvalue weighted by Gasteiger charge is -2.10. The zero-order chi connectivity index (χ0) is 23.3. The van der Waals surface area contributed by atoms with Gasteiger partial charge in [0.25, 0.3) is 0 Å². The van der Waals surface area contributed by atoms with Crippen molar-refractivity contribution < 1.29 is 13.2 Å². The Hall–Kier alpha value is -3.54. The monoisotopic (exact) mass is 480 g/mol. The summed E-state index contributed by atoms with van der Waals surface area (Å²) in [6, 6.07) is 19.3. The molecule has 2 heterocycles. The molecule has 0 unspecified atom stereocenters. The highest BCUT2D eigenvalue weighted by atomic mass is 32.2. The number of sulfonamides is 1. The second-order valence-electron chi connectivity index (χ2n) is 6.79. The lowest BCUT2D eigenvalue weighted by molar-refractivity contribution is -0.113. The lowest BCUT2D eigenvalue weighted by Crippen LogP contribution is -2.18. The van der Waals surface area contributed by atoms with Gasteiger partial charge in [-0.05, 0) is 55.6 Å². The first kappa shape index (κ1) is 22.6. The first-order chi connectivity index (χ1) is 16.0. The van der Waals surface area contributed by atoms with Crippen LogP contribution in [0.3, 0.4) is 0 Å². The molecule has 4 rings (SSSR count). The third-order valence-corrected chi connectivity index (χ3v) is 6.98. The minimum Gasteiger partial charge on any atom is -0.325 e. The average Bonchev–Trinajstić information content (AvgIpc) is 3.28. The van der Waals surface area contributed by atoms with Crippen LogP contribution in [-0.4, -0.2) is 46.9 Å². The van der Waals surface area contributed by atoms with E-state index in [0.717, 1.165) is 11.3 Å². The van der Waals surface area contributed by atoms with E-state index in [1.54, 1.807) is 24.5 Å². The Balaban J connectivity index is 1.50. The van der Waals surface area contributed by atoms with Crippen LogP contribution in [0.2, 0.25) is 0 Å². The number of carbonyl (C=O) groups excluding carboxylic acids is 1. The standard InChI is InChI=1S/C22H20N6O3S2/c1-23-33(30,31)19-11-9-17(10-12-19)25-20(29)15-32-22-27-26-21(16-6-5-13-24-14-16)28(22)18-7-3-2-4-8-18/h2-14,23H,15H2,1H3,(H,25,29). The van der Waals surface area contributed by atoms with E-state index in [2.05, 4.69) is 25.2 Å². The maximum absolute atomic E-state index is 12.5. The van der Waals surface area contributed by atoms with E-state index < -0.39 is 10.0 Å². The van der Waals surface area contributed by atoms with Gasteiger partial charge in [-0.1, -0.05) is 30.0 Å². The maximum atomic E-state index is 12.5. The van der Waals surface area contributed by atoms with Gasteiger partial charge in [0.1, 0.15) is 0 Å². The summed E-state index contributed by atoms with van der Waals surface area (Å²) < 4.78 is 27.8. The summed E-state index contributed by atoms with van der Waals surface area (Å²) in [7, 11) is -2.19. The summed E-state index contributed by atoms with van der Waals surface area (Å²) in [5.74, 6) is 0.461. The van der Waals surface area contributed by atoms with Crippen LogP contribution in [0.4, 0.5) is 5.69 Å². The molecule has 1 amide bonds. The van der Waals surface area contributed by atoms with Crippen LogP contribution in [0, 0.1) is 0 Å². The Morgan fingerprint density at radius 3 is 2.42 bits per heavy atom. The fourth-order valence-corrected chi connectivity index (χ4v) is 4.50. The fourth-order valence-electron chi connectivity index (χ4n) is 3.02. The van der Waals surface area contributed by atoms with Gasteiger partial charge in [-0.2, -0.15) is 0 Å². The Morgan fingerprint density at radius 1 is 1.00 bits per heavy atom. The summed E-state index contributed by atoms with van der Waals surface area (Å²) in [5, 5.41) is 11.9. The number of anilines is 1. The van der Waals surface area contributed by atoms with E-state index in [0.29, 0.717) is 16.7 Å². The van der Waals surface area contributed by atoms with Gasteiger partial charge in [-0.3, -0.25) is 14.3 Å². The van der Waals surface area contributed by atoms with Crippen molar-refractivity contribution in [2.24, 2.45) is 0 Å². The van der Waals surface area contributed by atoms with Crippen LogP contribution in [0.25, 0.3) is 17.1 Å². The summed E-state index contributed by atoms with van der Waals surface area (Å²) >= 11 is 1.25. The van der Waals surface area contributed by atoms with Crippen molar-refractivity contribution in [3.05, 3.63) is 79.1 Å². The number of nitrogens with zero attached hydrogens (tertiary/aromatic N) is 4. The summed E-state index contributed by atoms with van der Waals surface area (Å²) in [5.41, 5.74) is 2.17. The third-order valence-electron chi connectivity index (χ3n) is 4.62. The molecule has 2 N–H and O–H groups in total. The van der Waals surface area contributed by atoms with Crippen molar-refractivity contribution >= 4 is 33.4 Å². The van der Waals surface area contributed by atoms with E-state index in [1.165, 1.54) is 30.9 Å². The first-order valence-corrected chi connectivity index (χ1v) is 12.3. The van der Waals surface area contributed by atoms with E-state index in [9.17, 15) is 13.2 Å². The van der Waals surface area contributed by atoms with Crippen LogP contribution >= 0.6 is 11.8 Å². The molecule has 11 heteroatoms. The van der Waals surface area contributed by atoms with E-state index in [4.69, 9.17) is 0 Å². The zero-order valence-corrected chi connectivity index (χ0v) is 19.2. The minimum atomic E-state index is -3.53. The molecule has 0 radical (unpaired) electrons. The van der Waals surface area contributed by atoms with Gasteiger partial charge in [-0.25, -0.2) is 13.1 Å². The highest BCUT2D eigenvalue weighted by Crippen LogP contribution is 2.27. The van der Waals surface area contributed by atoms with Gasteiger partial charge in [0, 0.05) is 29.3 Å². The summed E-state index contributed by atoms with van der Waals surface area (Å²) in [4.78, 5) is 16.8. The van der Waals surface area contributed by atoms with Gasteiger partial charge in [0.05, 0.1) is 10.6 Å². The number of pyridine rings is 1. The van der Waals surface area contributed by atoms with Gasteiger partial charge in [-0.15, -0.1) is 10.2 Å². The number of hydrogen-bond acceptors (Lipinski definition) is 7. The SMILES string of the molecule is CNS(=O)(=O)c1ccc(NC(=O)CSc2nnc(-c3cccnc3)n2-c2ccccc2)cc1. The topological polar surface area (TPSA) is 119 Å². The second-order valence-corrected chi connectivity index (χ2v) is 9.62. The molecule has 0 spiro atoms. The largest absolute Gasteiger partial charge is 0.325 e. The average molecular weight is 481 g/mol. The van der Waals surface area contributed by atoms with Crippen LogP contribution in [0.5, 0.6) is 0 Å². The van der Waals surface area contributed by atoms with E-state index >= 15 is 0 Å². The van der Waals surface area contributed by atoms with Gasteiger partial charge in [0.2, 0.25) is 15.9 Å². The predicted octanol–water partition coefficient (Wildman–Crippen LogP) is 2.97. The van der Waals surface area contributed by atoms with Crippen molar-refractivity contribution in [3.63, 3.8) is 0 Å². The number of amides is 1. The molecule has 0 fully saturated rings. The Labute approximate surface area is 195 Å². The fraction of sp³-hybridized carbons (Fsp3) is 0.0909. The Bertz CT molecular complexity index is 1340. The number of hydrogen-bond donors (Lipinski definition) is 2. The molecule has 0 bridgehead atoms. The van der Waals surface area contributed by atoms with Crippen molar-refractivity contribution in [3.8, 4) is 17.1 Å². The number of carbonyl (C=O) groups is 1. The molecule has 0 saturated heterocycles. The molecule has 2 aromatic carbocycles. The second kappa shape index (κ2) is 9.94. The van der Waals surface area contributed by atoms with Crippen molar-refractivity contribution in [2.75, 3.05) is 18.1 Å². The van der Waals surface area contributed by atoms with Crippen LogP contribution in [0.15, 0.2) is 89.2 Å². The molecule has 168 valence electrons. The summed E-state index contributed by atoms with van der Waals surface area (Å²) in [6.07, 6.45) is 3.40. The molecule has 2 aromatic heterocycles. The Morgan fingerprint density at radius 2 is 1.76 bits per heavy atom. The number of aromatic nitrogens is 4. The predicted molar refractivity (Wildman–Crippen MR) is 127 cm³/mol. The van der Waals surface area contributed by atoms with Crippen LogP contribution in [0.1, 0.15) is 0 Å². The molecular formula is C22H20N6O3S2. The molecule has 0 atom stereocenters. The number of thioether (sulfide) groups is 1. The normalized spacial score (nSPS) is 11.3. The number of benzene rings is 2. The number of rotatable bonds is 8. The molecule has 0 aliphatic rings. The smallest absolute Gasteiger partial charge is 0.240 e. The molecule has 4 aromatic rings. The third kappa shape index (κ3) is 5.28. The molecule has 33 heavy (non-hydrogen) atoms. The van der Waals surface area contributed by atoms with Crippen molar-refractivity contribution in [2.45, 2.75) is 10.1 Å². The van der Waals surface area contributed by atoms with Crippen molar-refractivity contribution in [1.29, 1.82) is 0 Å². The molecule has 0 saturated carbocycles. The molecule has 9 nitrogen and oxygen atoms in total. The Kier molecular flexibility index (Phi) is 6.82. The zero-order valence-electron chi connectivity index (χ0n) is 17.5. The first-order valence-electron chi connectivity index (χ1n) is 9.85. The molecular weight excluding hydrogens is 460 g/mol. The quantitative estimate of drug-likeness (QED) is 0.372. The van der Waals surface area contributed by atoms with Gasteiger partial charge < -0.3 is 5.32 Å². The molecule has 0 aliphatic heterocycles. The molecule has 0 aliphatic carbocycles. The van der Waals surface area contributed by atoms with E-state index in [-0.39, 0.29) is 16.6 Å². The maximum Gasteiger partial charge on any atom is 0.240 e. The van der Waals surface area contributed by atoms with Crippen molar-refractivity contribution in [1.82, 2.24) is 24.5 Å². The van der Waals surface area contributed by atoms with Crippen LogP contribution in [-0.2, 0) is 14.8 Å². The van der Waals surface area contributed by atoms with Gasteiger partial charge >= 0.3 is 0 Å². The van der Waals surface area contributed by atoms with Gasteiger partial charge in [0.15, 0.2) is 11.0 Å². The lowest BCUT2D eigenvalue weighted by atomic mass is 10.2. The highest BCUT2D eigenvalue weighted by Gasteiger charge is 2.17. The minimum absolute atomic E-state index is 0.0918. The van der Waals surface area contributed by atoms with E-state index in [1.807, 2.05) is 47.0 Å². The number of para-hydroxylation sites is 1. The number of nitrogens with one attached hydrogen (secondary N) is 2.